The number of carboxylic acids is 1. The molecule has 168 valence electrons. The van der Waals surface area contributed by atoms with Crippen molar-refractivity contribution in [1.29, 1.82) is 5.26 Å². The molecule has 0 aliphatic carbocycles. The fourth-order valence-electron chi connectivity index (χ4n) is 3.95. The van der Waals surface area contributed by atoms with Gasteiger partial charge in [-0.2, -0.15) is 5.26 Å². The second kappa shape index (κ2) is 9.42. The van der Waals surface area contributed by atoms with Gasteiger partial charge in [-0.3, -0.25) is 0 Å². The normalized spacial score (nSPS) is 11.2. The van der Waals surface area contributed by atoms with E-state index in [9.17, 15) is 4.79 Å². The summed E-state index contributed by atoms with van der Waals surface area (Å²) in [4.78, 5) is 13.2. The lowest BCUT2D eigenvalue weighted by molar-refractivity contribution is -0.132. The molecular weight excluding hydrogens is 436 g/mol. The third kappa shape index (κ3) is 4.54. The van der Waals surface area contributed by atoms with Crippen LogP contribution in [0.4, 0.5) is 17.1 Å². The molecule has 5 aromatic rings. The summed E-state index contributed by atoms with van der Waals surface area (Å²) in [7, 11) is 0. The second-order valence-corrected chi connectivity index (χ2v) is 7.94. The summed E-state index contributed by atoms with van der Waals surface area (Å²) >= 11 is 0. The molecule has 0 saturated carbocycles. The summed E-state index contributed by atoms with van der Waals surface area (Å²) in [6.45, 7) is 0. The number of hydrogen-bond acceptors (Lipinski definition) is 4. The van der Waals surface area contributed by atoms with Crippen LogP contribution >= 0.6 is 0 Å². The monoisotopic (exact) mass is 456 g/mol. The molecule has 5 heteroatoms. The van der Waals surface area contributed by atoms with Crippen LogP contribution in [0.1, 0.15) is 5.56 Å². The first kappa shape index (κ1) is 21.7. The first-order chi connectivity index (χ1) is 17.1. The lowest BCUT2D eigenvalue weighted by Gasteiger charge is -2.25. The molecule has 1 aromatic heterocycles. The smallest absolute Gasteiger partial charge is 0.346 e. The third-order valence-electron chi connectivity index (χ3n) is 5.65. The fraction of sp³-hybridized carbons (Fsp3) is 0. The number of aliphatic carboxylic acids is 1. The molecule has 0 aliphatic rings. The predicted molar refractivity (Wildman–Crippen MR) is 138 cm³/mol. The van der Waals surface area contributed by atoms with Crippen LogP contribution in [0.15, 0.2) is 119 Å². The first-order valence-corrected chi connectivity index (χ1v) is 11.0. The molecule has 0 radical (unpaired) electrons. The molecule has 0 bridgehead atoms. The van der Waals surface area contributed by atoms with Crippen LogP contribution in [-0.4, -0.2) is 11.1 Å². The van der Waals surface area contributed by atoms with E-state index in [2.05, 4.69) is 35.2 Å². The first-order valence-electron chi connectivity index (χ1n) is 11.0. The van der Waals surface area contributed by atoms with E-state index in [0.29, 0.717) is 11.3 Å². The van der Waals surface area contributed by atoms with Crippen molar-refractivity contribution in [2.24, 2.45) is 0 Å². The number of hydrogen-bond donors (Lipinski definition) is 1. The molecule has 0 aliphatic heterocycles. The standard InChI is InChI=1S/C30H20N2O3/c31-20-24(30(33)34)17-21-11-13-22(14-12-21)28-18-23-15-16-27(19-29(23)35-28)32(25-7-3-1-4-8-25)26-9-5-2-6-10-26/h1-19H,(H,33,34)/b24-17+. The highest BCUT2D eigenvalue weighted by Crippen LogP contribution is 2.37. The maximum atomic E-state index is 11.1. The van der Waals surface area contributed by atoms with Gasteiger partial charge in [-0.05, 0) is 54.1 Å². The SMILES string of the molecule is N#C/C(=C\c1ccc(-c2cc3ccc(N(c4ccccc4)c4ccccc4)cc3o2)cc1)C(=O)O. The van der Waals surface area contributed by atoms with E-state index in [1.54, 1.807) is 18.2 Å². The fourth-order valence-corrected chi connectivity index (χ4v) is 3.95. The van der Waals surface area contributed by atoms with Crippen LogP contribution in [-0.2, 0) is 4.79 Å². The van der Waals surface area contributed by atoms with Crippen molar-refractivity contribution in [2.75, 3.05) is 4.90 Å². The number of nitrogens with zero attached hydrogens (tertiary/aromatic N) is 2. The van der Waals surface area contributed by atoms with Gasteiger partial charge in [0.2, 0.25) is 0 Å². The largest absolute Gasteiger partial charge is 0.477 e. The highest BCUT2D eigenvalue weighted by Gasteiger charge is 2.14. The van der Waals surface area contributed by atoms with E-state index in [0.717, 1.165) is 33.6 Å². The van der Waals surface area contributed by atoms with E-state index < -0.39 is 5.97 Å². The van der Waals surface area contributed by atoms with Crippen molar-refractivity contribution >= 4 is 40.1 Å². The zero-order valence-electron chi connectivity index (χ0n) is 18.6. The molecule has 0 atom stereocenters. The van der Waals surface area contributed by atoms with Gasteiger partial charge in [-0.1, -0.05) is 60.7 Å². The summed E-state index contributed by atoms with van der Waals surface area (Å²) in [5.74, 6) is -0.540. The van der Waals surface area contributed by atoms with Gasteiger partial charge < -0.3 is 14.4 Å². The molecule has 0 amide bonds. The number of nitriles is 1. The van der Waals surface area contributed by atoms with Gasteiger partial charge in [0.15, 0.2) is 0 Å². The van der Waals surface area contributed by atoms with Gasteiger partial charge in [0.25, 0.3) is 0 Å². The summed E-state index contributed by atoms with van der Waals surface area (Å²) in [6.07, 6.45) is 1.35. The molecule has 1 heterocycles. The van der Waals surface area contributed by atoms with Gasteiger partial charge in [0.05, 0.1) is 0 Å². The van der Waals surface area contributed by atoms with Gasteiger partial charge in [-0.25, -0.2) is 4.79 Å². The van der Waals surface area contributed by atoms with Crippen LogP contribution in [0.3, 0.4) is 0 Å². The minimum atomic E-state index is -1.25. The van der Waals surface area contributed by atoms with Crippen LogP contribution < -0.4 is 4.90 Å². The Kier molecular flexibility index (Phi) is 5.85. The van der Waals surface area contributed by atoms with Crippen molar-refractivity contribution in [2.45, 2.75) is 0 Å². The minimum absolute atomic E-state index is 0.310. The second-order valence-electron chi connectivity index (χ2n) is 7.94. The van der Waals surface area contributed by atoms with Crippen molar-refractivity contribution in [3.63, 3.8) is 0 Å². The number of rotatable bonds is 6. The number of anilines is 3. The van der Waals surface area contributed by atoms with Gasteiger partial charge >= 0.3 is 5.97 Å². The van der Waals surface area contributed by atoms with E-state index >= 15 is 0 Å². The molecular formula is C30H20N2O3. The molecule has 0 unspecified atom stereocenters. The maximum Gasteiger partial charge on any atom is 0.346 e. The molecule has 0 spiro atoms. The van der Waals surface area contributed by atoms with Gasteiger partial charge in [0, 0.05) is 34.1 Å². The Labute approximate surface area is 202 Å². The van der Waals surface area contributed by atoms with Crippen molar-refractivity contribution < 1.29 is 14.3 Å². The van der Waals surface area contributed by atoms with Crippen molar-refractivity contribution in [3.8, 4) is 17.4 Å². The Bertz CT molecular complexity index is 1520. The predicted octanol–water partition coefficient (Wildman–Crippen LogP) is 7.56. The Hall–Kier alpha value is -5.08. The van der Waals surface area contributed by atoms with Crippen LogP contribution in [0.2, 0.25) is 0 Å². The average molecular weight is 457 g/mol. The molecule has 5 rings (SSSR count). The van der Waals surface area contributed by atoms with Crippen LogP contribution in [0, 0.1) is 11.3 Å². The number of furan rings is 1. The van der Waals surface area contributed by atoms with Gasteiger partial charge in [0.1, 0.15) is 23.0 Å². The summed E-state index contributed by atoms with van der Waals surface area (Å²) in [5, 5.41) is 19.0. The highest BCUT2D eigenvalue weighted by molar-refractivity contribution is 5.96. The summed E-state index contributed by atoms with van der Waals surface area (Å²) in [5.41, 5.74) is 5.02. The Morgan fingerprint density at radius 2 is 1.43 bits per heavy atom. The van der Waals surface area contributed by atoms with Crippen molar-refractivity contribution in [1.82, 2.24) is 0 Å². The minimum Gasteiger partial charge on any atom is -0.477 e. The zero-order chi connectivity index (χ0) is 24.2. The quantitative estimate of drug-likeness (QED) is 0.211. The zero-order valence-corrected chi connectivity index (χ0v) is 18.6. The van der Waals surface area contributed by atoms with E-state index in [-0.39, 0.29) is 5.57 Å². The van der Waals surface area contributed by atoms with E-state index in [1.807, 2.05) is 66.7 Å². The average Bonchev–Trinajstić information content (AvgIpc) is 3.32. The molecule has 4 aromatic carbocycles. The number of benzene rings is 4. The van der Waals surface area contributed by atoms with Crippen LogP contribution in [0.5, 0.6) is 0 Å². The molecule has 0 saturated heterocycles. The number of carboxylic acid groups (broad SMARTS) is 1. The lowest BCUT2D eigenvalue weighted by Crippen LogP contribution is -2.09. The van der Waals surface area contributed by atoms with Crippen molar-refractivity contribution in [3.05, 3.63) is 120 Å². The Morgan fingerprint density at radius 1 is 0.800 bits per heavy atom. The third-order valence-corrected chi connectivity index (χ3v) is 5.65. The molecule has 0 fully saturated rings. The number of fused-ring (bicyclic) bond motifs is 1. The molecule has 1 N–H and O–H groups in total. The topological polar surface area (TPSA) is 77.5 Å². The Morgan fingerprint density at radius 3 is 2.00 bits per heavy atom. The summed E-state index contributed by atoms with van der Waals surface area (Å²) < 4.78 is 6.21. The highest BCUT2D eigenvalue weighted by atomic mass is 16.4. The lowest BCUT2D eigenvalue weighted by atomic mass is 10.1. The van der Waals surface area contributed by atoms with Gasteiger partial charge in [-0.15, -0.1) is 0 Å². The molecule has 35 heavy (non-hydrogen) atoms. The maximum absolute atomic E-state index is 11.1. The van der Waals surface area contributed by atoms with E-state index in [4.69, 9.17) is 14.8 Å². The summed E-state index contributed by atoms with van der Waals surface area (Å²) in [6, 6.07) is 37.4. The Balaban J connectivity index is 1.51. The molecule has 5 nitrogen and oxygen atoms in total. The van der Waals surface area contributed by atoms with Crippen LogP contribution in [0.25, 0.3) is 28.4 Å². The number of para-hydroxylation sites is 2. The van der Waals surface area contributed by atoms with E-state index in [1.165, 1.54) is 6.08 Å². The number of carbonyl (C=O) groups is 1.